The van der Waals surface area contributed by atoms with Gasteiger partial charge >= 0.3 is 0 Å². The normalized spacial score (nSPS) is 17.9. The fraction of sp³-hybridized carbons (Fsp3) is 0.364. The van der Waals surface area contributed by atoms with Crippen LogP contribution in [0.2, 0.25) is 0 Å². The first-order valence-corrected chi connectivity index (χ1v) is 14.7. The fourth-order valence-electron chi connectivity index (χ4n) is 5.80. The van der Waals surface area contributed by atoms with Gasteiger partial charge in [0, 0.05) is 42.9 Å². The number of nitrogens with zero attached hydrogens (tertiary/aromatic N) is 5. The van der Waals surface area contributed by atoms with Crippen molar-refractivity contribution >= 4 is 34.1 Å². The van der Waals surface area contributed by atoms with E-state index in [0.717, 1.165) is 72.1 Å². The number of anilines is 3. The van der Waals surface area contributed by atoms with E-state index in [4.69, 9.17) is 14.5 Å². The van der Waals surface area contributed by atoms with E-state index in [1.54, 1.807) is 18.6 Å². The quantitative estimate of drug-likeness (QED) is 0.226. The molecule has 0 aliphatic carbocycles. The maximum atomic E-state index is 12.1. The van der Waals surface area contributed by atoms with Crippen molar-refractivity contribution in [1.82, 2.24) is 19.9 Å². The summed E-state index contributed by atoms with van der Waals surface area (Å²) in [4.78, 5) is 32.9. The molecule has 1 aromatic carbocycles. The number of ether oxygens (including phenoxy) is 2. The van der Waals surface area contributed by atoms with Gasteiger partial charge in [-0.15, -0.1) is 0 Å². The Kier molecular flexibility index (Phi) is 7.99. The van der Waals surface area contributed by atoms with Crippen LogP contribution in [0.25, 0.3) is 11.0 Å². The Morgan fingerprint density at radius 1 is 1.19 bits per heavy atom. The Bertz CT molecular complexity index is 1620. The second-order valence-corrected chi connectivity index (χ2v) is 11.0. The van der Waals surface area contributed by atoms with Crippen LogP contribution in [0.5, 0.6) is 17.2 Å². The monoisotopic (exact) mass is 564 g/mol. The number of hydrogen-bond donors (Lipinski definition) is 1. The number of nitrogens with one attached hydrogen (secondary N) is 1. The van der Waals surface area contributed by atoms with E-state index >= 15 is 0 Å². The molecule has 2 atom stereocenters. The number of carbonyl (C=O) groups excluding carboxylic acids is 1. The minimum absolute atomic E-state index is 0.195. The third-order valence-corrected chi connectivity index (χ3v) is 8.14. The van der Waals surface area contributed by atoms with Gasteiger partial charge in [0.15, 0.2) is 23.2 Å². The van der Waals surface area contributed by atoms with Crippen LogP contribution in [0.1, 0.15) is 44.4 Å². The molecule has 6 rings (SSSR count). The molecule has 2 bridgehead atoms. The van der Waals surface area contributed by atoms with E-state index in [-0.39, 0.29) is 5.78 Å². The van der Waals surface area contributed by atoms with Crippen molar-refractivity contribution in [2.45, 2.75) is 46.5 Å². The van der Waals surface area contributed by atoms with Gasteiger partial charge in [0.05, 0.1) is 18.3 Å². The maximum Gasteiger partial charge on any atom is 0.172 e. The van der Waals surface area contributed by atoms with E-state index in [0.29, 0.717) is 41.9 Å². The Morgan fingerprint density at radius 2 is 2.10 bits per heavy atom. The van der Waals surface area contributed by atoms with Gasteiger partial charge in [0.2, 0.25) is 0 Å². The van der Waals surface area contributed by atoms with Gasteiger partial charge in [-0.25, -0.2) is 15.0 Å². The highest BCUT2D eigenvalue weighted by molar-refractivity contribution is 5.90. The Balaban J connectivity index is 1.20. The van der Waals surface area contributed by atoms with Crippen molar-refractivity contribution in [2.75, 3.05) is 29.9 Å². The molecule has 0 amide bonds. The summed E-state index contributed by atoms with van der Waals surface area (Å²) in [6.07, 6.45) is 10.2. The summed E-state index contributed by atoms with van der Waals surface area (Å²) in [6, 6.07) is 11.8. The smallest absolute Gasteiger partial charge is 0.172 e. The van der Waals surface area contributed by atoms with Crippen LogP contribution in [-0.2, 0) is 11.2 Å². The predicted molar refractivity (Wildman–Crippen MR) is 164 cm³/mol. The number of hydrogen-bond acceptors (Lipinski definition) is 9. The first-order valence-electron chi connectivity index (χ1n) is 14.7. The molecule has 216 valence electrons. The molecule has 9 heteroatoms. The lowest BCUT2D eigenvalue weighted by Crippen LogP contribution is -2.41. The summed E-state index contributed by atoms with van der Waals surface area (Å²) in [5.41, 5.74) is 4.30. The molecule has 2 aliphatic rings. The molecule has 1 saturated heterocycles. The second-order valence-electron chi connectivity index (χ2n) is 11.0. The number of fused-ring (bicyclic) bond motifs is 5. The second kappa shape index (κ2) is 12.1. The first-order chi connectivity index (χ1) is 20.5. The van der Waals surface area contributed by atoms with Crippen LogP contribution in [0.4, 0.5) is 17.3 Å². The summed E-state index contributed by atoms with van der Waals surface area (Å²) in [7, 11) is 0. The molecule has 1 unspecified atom stereocenters. The van der Waals surface area contributed by atoms with Gasteiger partial charge in [-0.2, -0.15) is 0 Å². The van der Waals surface area contributed by atoms with Gasteiger partial charge in [-0.1, -0.05) is 13.0 Å². The first kappa shape index (κ1) is 27.6. The highest BCUT2D eigenvalue weighted by atomic mass is 16.5. The highest BCUT2D eigenvalue weighted by Gasteiger charge is 2.34. The van der Waals surface area contributed by atoms with Crippen molar-refractivity contribution in [3.8, 4) is 17.2 Å². The maximum absolute atomic E-state index is 12.1. The lowest BCUT2D eigenvalue weighted by molar-refractivity contribution is -0.115. The van der Waals surface area contributed by atoms with Gasteiger partial charge in [-0.3, -0.25) is 9.78 Å². The highest BCUT2D eigenvalue weighted by Crippen LogP contribution is 2.40. The van der Waals surface area contributed by atoms with E-state index in [1.807, 2.05) is 56.3 Å². The summed E-state index contributed by atoms with van der Waals surface area (Å²) in [5, 5.41) is 3.44. The number of benzene rings is 1. The van der Waals surface area contributed by atoms with Crippen LogP contribution in [-0.4, -0.2) is 45.4 Å². The van der Waals surface area contributed by atoms with Crippen LogP contribution in [0.3, 0.4) is 0 Å². The lowest BCUT2D eigenvalue weighted by atomic mass is 9.82. The van der Waals surface area contributed by atoms with Gasteiger partial charge in [-0.05, 0) is 81.0 Å². The van der Waals surface area contributed by atoms with Gasteiger partial charge in [0.25, 0.3) is 0 Å². The zero-order valence-corrected chi connectivity index (χ0v) is 24.3. The molecule has 2 aliphatic heterocycles. The predicted octanol–water partition coefficient (Wildman–Crippen LogP) is 6.59. The van der Waals surface area contributed by atoms with E-state index in [9.17, 15) is 4.79 Å². The molecule has 1 fully saturated rings. The van der Waals surface area contributed by atoms with E-state index in [2.05, 4.69) is 32.1 Å². The summed E-state index contributed by atoms with van der Waals surface area (Å²) in [5.74, 6) is 4.69. The Labute approximate surface area is 246 Å². The van der Waals surface area contributed by atoms with Crippen LogP contribution >= 0.6 is 0 Å². The number of ketones is 1. The number of aromatic nitrogens is 4. The summed E-state index contributed by atoms with van der Waals surface area (Å²) < 4.78 is 12.4. The molecule has 5 heterocycles. The molecule has 42 heavy (non-hydrogen) atoms. The molecule has 9 nitrogen and oxygen atoms in total. The molecular weight excluding hydrogens is 528 g/mol. The minimum atomic E-state index is 0.195. The topological polar surface area (TPSA) is 102 Å². The molecule has 1 N–H and O–H groups in total. The number of rotatable bonds is 9. The SMILES string of the molecule is C/C=C/C(=O)CCC1CCN2C[C@H]1COc1cc3ncnc(Nc4ccc(Oc5ccc(CC)nc5)c(C)c4)c3nc12. The number of carbonyl (C=O) groups is 1. The minimum Gasteiger partial charge on any atom is -0.489 e. The zero-order chi connectivity index (χ0) is 29.1. The van der Waals surface area contributed by atoms with Crippen molar-refractivity contribution in [3.05, 3.63) is 72.3 Å². The molecular formula is C33H36N6O3. The summed E-state index contributed by atoms with van der Waals surface area (Å²) >= 11 is 0. The van der Waals surface area contributed by atoms with E-state index in [1.165, 1.54) is 0 Å². The number of piperidine rings is 1. The molecule has 3 aromatic heterocycles. The zero-order valence-electron chi connectivity index (χ0n) is 24.3. The average molecular weight is 565 g/mol. The Morgan fingerprint density at radius 3 is 2.88 bits per heavy atom. The number of pyridine rings is 2. The molecule has 0 radical (unpaired) electrons. The fourth-order valence-corrected chi connectivity index (χ4v) is 5.80. The molecule has 4 aromatic rings. The number of aryl methyl sites for hydroxylation is 2. The standard InChI is InChI=1S/C33H36N6O3/c1-4-6-26(40)10-7-22-13-14-39-18-23(22)19-41-30-16-28-31(38-33(30)39)32(36-20-35-28)37-25-9-12-29(21(3)15-25)42-27-11-8-24(5-2)34-17-27/h4,6,8-9,11-12,15-17,20,22-23H,5,7,10,13-14,18-19H2,1-3H3,(H,35,36,37)/b6-4+/t22?,23-/m0/s1. The van der Waals surface area contributed by atoms with Gasteiger partial charge < -0.3 is 19.7 Å². The summed E-state index contributed by atoms with van der Waals surface area (Å²) in [6.45, 7) is 8.33. The molecule has 0 spiro atoms. The average Bonchev–Trinajstić information content (AvgIpc) is 3.14. The van der Waals surface area contributed by atoms with Crippen molar-refractivity contribution in [3.63, 3.8) is 0 Å². The third-order valence-electron chi connectivity index (χ3n) is 8.14. The molecule has 0 saturated carbocycles. The lowest BCUT2D eigenvalue weighted by Gasteiger charge is -2.36. The van der Waals surface area contributed by atoms with Crippen LogP contribution in [0, 0.1) is 18.8 Å². The van der Waals surface area contributed by atoms with Gasteiger partial charge in [0.1, 0.15) is 23.3 Å². The van der Waals surface area contributed by atoms with Crippen molar-refractivity contribution in [1.29, 1.82) is 0 Å². The van der Waals surface area contributed by atoms with Crippen LogP contribution < -0.4 is 19.7 Å². The largest absolute Gasteiger partial charge is 0.489 e. The van der Waals surface area contributed by atoms with Crippen LogP contribution in [0.15, 0.2) is 61.1 Å². The van der Waals surface area contributed by atoms with E-state index < -0.39 is 0 Å². The Hall–Kier alpha value is -4.53. The third kappa shape index (κ3) is 5.91. The number of allylic oxidation sites excluding steroid dienone is 2. The van der Waals surface area contributed by atoms with Crippen molar-refractivity contribution in [2.24, 2.45) is 11.8 Å². The van der Waals surface area contributed by atoms with Crippen molar-refractivity contribution < 1.29 is 14.3 Å².